The van der Waals surface area contributed by atoms with E-state index < -0.39 is 19.0 Å². The van der Waals surface area contributed by atoms with Crippen LogP contribution in [0.3, 0.4) is 0 Å². The molecular weight excluding hydrogens is 374 g/mol. The van der Waals surface area contributed by atoms with E-state index in [1.165, 1.54) is 6.07 Å². The maximum absolute atomic E-state index is 11.3. The molecule has 0 saturated heterocycles. The highest BCUT2D eigenvalue weighted by atomic mass is 35.5. The number of nitrogens with zero attached hydrogens (tertiary/aromatic N) is 2. The largest absolute Gasteiger partial charge is 0.570 e. The Kier molecular flexibility index (Phi) is 6.67. The van der Waals surface area contributed by atoms with Crippen molar-refractivity contribution in [2.24, 2.45) is 22.4 Å². The molecule has 12 heteroatoms. The molecular formula is C15H20BClN6O4. The third kappa shape index (κ3) is 4.70. The molecule has 2 rings (SSSR count). The van der Waals surface area contributed by atoms with Crippen LogP contribution in [0.5, 0.6) is 5.75 Å². The Morgan fingerprint density at radius 1 is 1.56 bits per heavy atom. The van der Waals surface area contributed by atoms with Crippen molar-refractivity contribution >= 4 is 24.6 Å². The van der Waals surface area contributed by atoms with Gasteiger partial charge in [-0.2, -0.15) is 4.91 Å². The topological polar surface area (TPSA) is 169 Å². The van der Waals surface area contributed by atoms with Gasteiger partial charge in [0.1, 0.15) is 10.9 Å². The van der Waals surface area contributed by atoms with Gasteiger partial charge >= 0.3 is 13.0 Å². The summed E-state index contributed by atoms with van der Waals surface area (Å²) in [7, 11) is -1.14. The van der Waals surface area contributed by atoms with E-state index in [9.17, 15) is 14.8 Å². The van der Waals surface area contributed by atoms with Crippen LogP contribution in [0.1, 0.15) is 15.9 Å². The Morgan fingerprint density at radius 3 is 2.85 bits per heavy atom. The molecule has 144 valence electrons. The van der Waals surface area contributed by atoms with Gasteiger partial charge in [0.15, 0.2) is 0 Å². The van der Waals surface area contributed by atoms with Crippen molar-refractivity contribution in [2.45, 2.75) is 12.4 Å². The summed E-state index contributed by atoms with van der Waals surface area (Å²) in [4.78, 5) is 22.5. The van der Waals surface area contributed by atoms with Crippen LogP contribution in [-0.4, -0.2) is 42.2 Å². The lowest BCUT2D eigenvalue weighted by atomic mass is 9.68. The van der Waals surface area contributed by atoms with Crippen molar-refractivity contribution in [3.63, 3.8) is 0 Å². The first-order valence-corrected chi connectivity index (χ1v) is 8.31. The lowest BCUT2D eigenvalue weighted by Crippen LogP contribution is -2.51. The summed E-state index contributed by atoms with van der Waals surface area (Å²) in [6.45, 7) is 3.98. The van der Waals surface area contributed by atoms with E-state index in [2.05, 4.69) is 17.0 Å². The Bertz CT molecular complexity index is 790. The van der Waals surface area contributed by atoms with Crippen LogP contribution in [0.25, 0.3) is 0 Å². The first kappa shape index (κ1) is 20.6. The molecule has 1 aromatic rings. The van der Waals surface area contributed by atoms with E-state index >= 15 is 0 Å². The Labute approximate surface area is 161 Å². The van der Waals surface area contributed by atoms with E-state index in [4.69, 9.17) is 33.6 Å². The molecule has 0 spiro atoms. The molecule has 27 heavy (non-hydrogen) atoms. The molecule has 8 N–H and O–H groups in total. The number of hydrogen-bond acceptors (Lipinski definition) is 9. The minimum atomic E-state index is -1.15. The van der Waals surface area contributed by atoms with Gasteiger partial charge in [-0.05, 0) is 18.1 Å². The summed E-state index contributed by atoms with van der Waals surface area (Å²) in [6.07, 6.45) is 0.310. The summed E-state index contributed by atoms with van der Waals surface area (Å²) in [5.41, 5.74) is 12.3. The fraction of sp³-hybridized carbons (Fsp3) is 0.267. The van der Waals surface area contributed by atoms with Gasteiger partial charge < -0.3 is 26.5 Å². The highest BCUT2D eigenvalue weighted by molar-refractivity contribution is 6.53. The Hall–Kier alpha value is -2.76. The third-order valence-electron chi connectivity index (χ3n) is 3.94. The monoisotopic (exact) mass is 394 g/mol. The number of rotatable bonds is 8. The fourth-order valence-corrected chi connectivity index (χ4v) is 2.80. The van der Waals surface area contributed by atoms with Crippen LogP contribution in [0.15, 0.2) is 46.4 Å². The Balaban J connectivity index is 2.13. The van der Waals surface area contributed by atoms with Gasteiger partial charge in [-0.15, -0.1) is 0 Å². The van der Waals surface area contributed by atoms with Crippen molar-refractivity contribution in [2.75, 3.05) is 13.1 Å². The smallest absolute Gasteiger partial charge is 0.536 e. The second-order valence-electron chi connectivity index (χ2n) is 5.92. The lowest BCUT2D eigenvalue weighted by Gasteiger charge is -2.30. The number of hydrazine groups is 1. The minimum absolute atomic E-state index is 0.0271. The van der Waals surface area contributed by atoms with E-state index in [0.29, 0.717) is 17.7 Å². The minimum Gasteiger partial charge on any atom is -0.536 e. The van der Waals surface area contributed by atoms with Crippen LogP contribution < -0.4 is 27.3 Å². The second-order valence-corrected chi connectivity index (χ2v) is 6.28. The van der Waals surface area contributed by atoms with Crippen molar-refractivity contribution in [3.05, 3.63) is 57.4 Å². The number of benzene rings is 1. The molecule has 10 nitrogen and oxygen atoms in total. The molecule has 1 atom stereocenters. The number of carbonyl (C=O) groups is 1. The lowest BCUT2D eigenvalue weighted by molar-refractivity contribution is 0.0694. The average molecular weight is 395 g/mol. The normalized spacial score (nSPS) is 16.6. The number of hydrogen-bond donors (Lipinski definition) is 5. The summed E-state index contributed by atoms with van der Waals surface area (Å²) in [5, 5.41) is 16.5. The summed E-state index contributed by atoms with van der Waals surface area (Å²) in [6, 6.07) is 4.73. The fourth-order valence-electron chi connectivity index (χ4n) is 2.66. The number of carboxylic acids is 1. The van der Waals surface area contributed by atoms with Gasteiger partial charge in [-0.25, -0.2) is 10.6 Å². The molecule has 0 bridgehead atoms. The zero-order chi connectivity index (χ0) is 20.1. The summed E-state index contributed by atoms with van der Waals surface area (Å²) < 4.78 is 5.51. The van der Waals surface area contributed by atoms with Gasteiger partial charge in [0, 0.05) is 12.2 Å². The number of para-hydroxylation sites is 1. The van der Waals surface area contributed by atoms with E-state index in [0.717, 1.165) is 5.01 Å². The number of aromatic carboxylic acids is 1. The molecule has 0 aromatic heterocycles. The van der Waals surface area contributed by atoms with Gasteiger partial charge in [0.25, 0.3) is 0 Å². The van der Waals surface area contributed by atoms with E-state index in [1.807, 2.05) is 0 Å². The van der Waals surface area contributed by atoms with Gasteiger partial charge in [-0.3, -0.25) is 5.01 Å². The van der Waals surface area contributed by atoms with Crippen molar-refractivity contribution in [1.29, 1.82) is 0 Å². The number of carboxylic acid groups (broad SMARTS) is 1. The number of nitrogens with one attached hydrogen (secondary N) is 1. The van der Waals surface area contributed by atoms with Crippen LogP contribution in [0, 0.1) is 4.91 Å². The molecule has 1 aromatic carbocycles. The van der Waals surface area contributed by atoms with Gasteiger partial charge in [0.2, 0.25) is 0 Å². The first-order chi connectivity index (χ1) is 12.8. The molecule has 0 radical (unpaired) electrons. The number of nitrogens with two attached hydrogens (primary N) is 3. The average Bonchev–Trinajstić information content (AvgIpc) is 2.65. The molecule has 0 amide bonds. The maximum Gasteiger partial charge on any atom is 0.570 e. The SMILES string of the molecule is C=C(CN(N)/C(Cl)=C(\N)CN)NC1Cc2cccc(C(=O)O)c2OB1N=O. The number of nitroso groups, excluding NO2 is 1. The highest BCUT2D eigenvalue weighted by Gasteiger charge is 2.39. The van der Waals surface area contributed by atoms with Gasteiger partial charge in [-0.1, -0.05) is 35.4 Å². The van der Waals surface area contributed by atoms with Crippen molar-refractivity contribution in [1.82, 2.24) is 10.3 Å². The van der Waals surface area contributed by atoms with Crippen molar-refractivity contribution < 1.29 is 14.6 Å². The van der Waals surface area contributed by atoms with Gasteiger partial charge in [0.05, 0.1) is 23.7 Å². The zero-order valence-corrected chi connectivity index (χ0v) is 15.1. The number of fused-ring (bicyclic) bond motifs is 1. The Morgan fingerprint density at radius 2 is 2.26 bits per heavy atom. The third-order valence-corrected chi connectivity index (χ3v) is 4.40. The van der Waals surface area contributed by atoms with Crippen LogP contribution in [-0.2, 0) is 6.42 Å². The quantitative estimate of drug-likeness (QED) is 0.135. The van der Waals surface area contributed by atoms with Crippen LogP contribution in [0.2, 0.25) is 0 Å². The predicted octanol–water partition coefficient (Wildman–Crippen LogP) is 0.0864. The summed E-state index contributed by atoms with van der Waals surface area (Å²) in [5.74, 6) is 4.25. The second kappa shape index (κ2) is 8.76. The zero-order valence-electron chi connectivity index (χ0n) is 14.4. The molecule has 0 saturated carbocycles. The first-order valence-electron chi connectivity index (χ1n) is 7.93. The molecule has 0 fully saturated rings. The predicted molar refractivity (Wildman–Crippen MR) is 102 cm³/mol. The molecule has 1 aliphatic rings. The number of halogens is 1. The van der Waals surface area contributed by atoms with Crippen molar-refractivity contribution in [3.8, 4) is 5.75 Å². The summed E-state index contributed by atoms with van der Waals surface area (Å²) >= 11 is 6.00. The molecule has 1 unspecified atom stereocenters. The van der Waals surface area contributed by atoms with Crippen LogP contribution in [0.4, 0.5) is 0 Å². The molecule has 1 aliphatic heterocycles. The highest BCUT2D eigenvalue weighted by Crippen LogP contribution is 2.31. The maximum atomic E-state index is 11.3. The van der Waals surface area contributed by atoms with E-state index in [1.54, 1.807) is 12.1 Å². The molecule has 0 aliphatic carbocycles. The van der Waals surface area contributed by atoms with E-state index in [-0.39, 0.29) is 35.3 Å². The standard InChI is InChI=1S/C15H20BClN6O4/c1-8(7-23(20)14(17)11(19)6-18)21-12-5-9-3-2-4-10(15(24)25)13(9)27-16(12)22-26/h2-4,12,21H,1,5-7,18-20H2,(H,24,25)/b14-11-. The van der Waals surface area contributed by atoms with Crippen LogP contribution >= 0.6 is 11.6 Å². The molecule has 1 heterocycles.